The molecule has 3 heterocycles. The summed E-state index contributed by atoms with van der Waals surface area (Å²) >= 11 is 0. The molecule has 2 aromatic heterocycles. The van der Waals surface area contributed by atoms with Crippen LogP contribution in [-0.4, -0.2) is 26.1 Å². The number of aromatic nitrogens is 2. The number of carbonyl (C=O) groups is 1. The first kappa shape index (κ1) is 17.9. The summed E-state index contributed by atoms with van der Waals surface area (Å²) in [4.78, 5) is 13.3. The molecule has 0 saturated heterocycles. The first-order valence-electron chi connectivity index (χ1n) is 10.3. The van der Waals surface area contributed by atoms with Crippen LogP contribution in [0.15, 0.2) is 48.0 Å². The molecule has 30 heavy (non-hydrogen) atoms. The van der Waals surface area contributed by atoms with Gasteiger partial charge in [0.1, 0.15) is 17.3 Å². The van der Waals surface area contributed by atoms with E-state index in [0.29, 0.717) is 12.0 Å². The number of rotatable bonds is 4. The monoisotopic (exact) mass is 408 g/mol. The Labute approximate surface area is 172 Å². The number of aryl methyl sites for hydroxylation is 1. The first-order chi connectivity index (χ1) is 14.4. The molecule has 7 rings (SSSR count). The van der Waals surface area contributed by atoms with Gasteiger partial charge in [0.25, 0.3) is 0 Å². The van der Waals surface area contributed by atoms with Crippen LogP contribution in [0.5, 0.6) is 0 Å². The lowest BCUT2D eigenvalue weighted by atomic mass is 9.34. The molecule has 4 aliphatic rings. The van der Waals surface area contributed by atoms with E-state index in [1.807, 2.05) is 0 Å². The first-order valence-corrected chi connectivity index (χ1v) is 10.3. The van der Waals surface area contributed by atoms with Crippen molar-refractivity contribution in [1.29, 1.82) is 0 Å². The normalized spacial score (nSPS) is 29.3. The second-order valence-electron chi connectivity index (χ2n) is 9.42. The number of halogens is 2. The zero-order chi connectivity index (χ0) is 20.7. The van der Waals surface area contributed by atoms with Gasteiger partial charge in [0, 0.05) is 43.8 Å². The van der Waals surface area contributed by atoms with E-state index < -0.39 is 17.7 Å². The topological polar surface area (TPSA) is 42.0 Å². The third-order valence-electron chi connectivity index (χ3n) is 7.07. The smallest absolute Gasteiger partial charge is 0.249 e. The highest BCUT2D eigenvalue weighted by atomic mass is 19.1. The molecule has 2 bridgehead atoms. The van der Waals surface area contributed by atoms with Gasteiger partial charge in [-0.25, -0.2) is 13.8 Å². The fourth-order valence-corrected chi connectivity index (χ4v) is 5.97. The number of imidazole rings is 1. The molecule has 1 aliphatic heterocycles. The molecule has 1 amide bonds. The van der Waals surface area contributed by atoms with Crippen LogP contribution in [0.3, 0.4) is 0 Å². The average Bonchev–Trinajstić information content (AvgIpc) is 3.31. The minimum absolute atomic E-state index is 0.0102. The minimum Gasteiger partial charge on any atom is -0.332 e. The Morgan fingerprint density at radius 2 is 1.87 bits per heavy atom. The molecule has 3 aromatic rings. The van der Waals surface area contributed by atoms with Gasteiger partial charge in [-0.3, -0.25) is 4.79 Å². The number of fused-ring (bicyclic) bond motifs is 1. The van der Waals surface area contributed by atoms with Crippen molar-refractivity contribution in [3.05, 3.63) is 65.6 Å². The lowest BCUT2D eigenvalue weighted by molar-refractivity contribution is -0.222. The van der Waals surface area contributed by atoms with E-state index in [-0.39, 0.29) is 16.7 Å². The van der Waals surface area contributed by atoms with Gasteiger partial charge in [-0.1, -0.05) is 0 Å². The molecule has 1 aromatic carbocycles. The largest absolute Gasteiger partial charge is 0.332 e. The van der Waals surface area contributed by atoms with E-state index in [1.165, 1.54) is 28.4 Å². The zero-order valence-corrected chi connectivity index (χ0v) is 16.7. The van der Waals surface area contributed by atoms with Gasteiger partial charge >= 0.3 is 0 Å². The summed E-state index contributed by atoms with van der Waals surface area (Å²) in [5, 5.41) is 5.73. The van der Waals surface area contributed by atoms with Crippen LogP contribution >= 0.6 is 0 Å². The Bertz CT molecular complexity index is 1180. The Morgan fingerprint density at radius 1 is 1.13 bits per heavy atom. The quantitative estimate of drug-likeness (QED) is 0.629. The highest BCUT2D eigenvalue weighted by Gasteiger charge is 2.72. The maximum absolute atomic E-state index is 13.7. The third kappa shape index (κ3) is 2.44. The number of nitrogens with zero attached hydrogens (tertiary/aromatic N) is 4. The molecule has 154 valence electrons. The van der Waals surface area contributed by atoms with Crippen LogP contribution in [0.1, 0.15) is 42.9 Å². The van der Waals surface area contributed by atoms with Gasteiger partial charge in [0.15, 0.2) is 0 Å². The molecule has 3 aliphatic carbocycles. The lowest BCUT2D eigenvalue weighted by Crippen LogP contribution is -2.68. The van der Waals surface area contributed by atoms with Crippen LogP contribution in [-0.2, 0) is 11.3 Å². The van der Waals surface area contributed by atoms with Crippen molar-refractivity contribution in [2.45, 2.75) is 45.2 Å². The molecule has 5 nitrogen and oxygen atoms in total. The summed E-state index contributed by atoms with van der Waals surface area (Å²) in [6, 6.07) is 5.18. The minimum atomic E-state index is -0.632. The summed E-state index contributed by atoms with van der Waals surface area (Å²) in [5.41, 5.74) is 2.66. The van der Waals surface area contributed by atoms with Crippen molar-refractivity contribution in [3.8, 4) is 0 Å². The average molecular weight is 408 g/mol. The molecule has 3 fully saturated rings. The van der Waals surface area contributed by atoms with Crippen molar-refractivity contribution < 1.29 is 13.6 Å². The molecule has 3 saturated carbocycles. The lowest BCUT2D eigenvalue weighted by Gasteiger charge is -2.70. The standard InChI is InChI=1S/C23H22F2N4O/c1-15-6-20-27(10-15)4-5-28(20)14-22-11-23(12-22,13-22)21(30)29-19(2-3-26-29)16-7-17(24)9-18(25)8-16/h3-10,19H,2,11-14H2,1H3. The second-order valence-corrected chi connectivity index (χ2v) is 9.42. The van der Waals surface area contributed by atoms with Crippen molar-refractivity contribution >= 4 is 17.8 Å². The van der Waals surface area contributed by atoms with E-state index in [2.05, 4.69) is 45.6 Å². The molecule has 1 unspecified atom stereocenters. The maximum atomic E-state index is 13.7. The Morgan fingerprint density at radius 3 is 2.60 bits per heavy atom. The van der Waals surface area contributed by atoms with Gasteiger partial charge < -0.3 is 8.97 Å². The van der Waals surface area contributed by atoms with E-state index >= 15 is 0 Å². The van der Waals surface area contributed by atoms with Gasteiger partial charge in [-0.05, 0) is 60.9 Å². The number of hydrogen-bond acceptors (Lipinski definition) is 2. The predicted octanol–water partition coefficient (Wildman–Crippen LogP) is 4.46. The summed E-state index contributed by atoms with van der Waals surface area (Å²) in [6.07, 6.45) is 11.0. The van der Waals surface area contributed by atoms with E-state index in [9.17, 15) is 13.6 Å². The van der Waals surface area contributed by atoms with Crippen LogP contribution in [0, 0.1) is 29.4 Å². The number of benzene rings is 1. The van der Waals surface area contributed by atoms with Crippen molar-refractivity contribution in [2.75, 3.05) is 0 Å². The number of amides is 1. The molecule has 0 N–H and O–H groups in total. The third-order valence-corrected chi connectivity index (χ3v) is 7.07. The second kappa shape index (κ2) is 5.80. The Balaban J connectivity index is 1.18. The van der Waals surface area contributed by atoms with Crippen molar-refractivity contribution in [3.63, 3.8) is 0 Å². The Hall–Kier alpha value is -2.96. The molecule has 0 spiro atoms. The van der Waals surface area contributed by atoms with Gasteiger partial charge in [-0.15, -0.1) is 0 Å². The summed E-state index contributed by atoms with van der Waals surface area (Å²) in [5.74, 6) is -1.27. The fraction of sp³-hybridized carbons (Fsp3) is 0.391. The zero-order valence-electron chi connectivity index (χ0n) is 16.7. The van der Waals surface area contributed by atoms with Gasteiger partial charge in [-0.2, -0.15) is 5.10 Å². The van der Waals surface area contributed by atoms with Gasteiger partial charge in [0.2, 0.25) is 5.91 Å². The molecule has 0 radical (unpaired) electrons. The highest BCUT2D eigenvalue weighted by Crippen LogP contribution is 2.74. The highest BCUT2D eigenvalue weighted by molar-refractivity contribution is 5.88. The maximum Gasteiger partial charge on any atom is 0.249 e. The Kier molecular flexibility index (Phi) is 3.46. The van der Waals surface area contributed by atoms with E-state index in [4.69, 9.17) is 0 Å². The molecule has 7 heteroatoms. The summed E-state index contributed by atoms with van der Waals surface area (Å²) < 4.78 is 31.8. The SMILES string of the molecule is Cc1cc2n(CC34CC(C(=O)N5N=CCC5c5cc(F)cc(F)c5)(C3)C4)ccn2c1. The number of hydrazone groups is 1. The molecular weight excluding hydrogens is 386 g/mol. The fourth-order valence-electron chi connectivity index (χ4n) is 5.97. The number of hydrogen-bond donors (Lipinski definition) is 0. The van der Waals surface area contributed by atoms with Crippen LogP contribution in [0.2, 0.25) is 0 Å². The van der Waals surface area contributed by atoms with Crippen molar-refractivity contribution in [2.24, 2.45) is 15.9 Å². The van der Waals surface area contributed by atoms with Crippen LogP contribution < -0.4 is 0 Å². The van der Waals surface area contributed by atoms with E-state index in [0.717, 1.165) is 31.9 Å². The van der Waals surface area contributed by atoms with Crippen LogP contribution in [0.4, 0.5) is 8.78 Å². The summed E-state index contributed by atoms with van der Waals surface area (Å²) in [7, 11) is 0. The molecule has 1 atom stereocenters. The predicted molar refractivity (Wildman–Crippen MR) is 108 cm³/mol. The molecular formula is C23H22F2N4O. The number of carbonyl (C=O) groups excluding carboxylic acids is 1. The van der Waals surface area contributed by atoms with E-state index in [1.54, 1.807) is 6.21 Å². The van der Waals surface area contributed by atoms with Gasteiger partial charge in [0.05, 0.1) is 11.5 Å². The van der Waals surface area contributed by atoms with Crippen molar-refractivity contribution in [1.82, 2.24) is 14.0 Å². The summed E-state index contributed by atoms with van der Waals surface area (Å²) in [6.45, 7) is 2.99. The van der Waals surface area contributed by atoms with Crippen LogP contribution in [0.25, 0.3) is 5.65 Å².